The molecule has 3 aromatic rings. The summed E-state index contributed by atoms with van der Waals surface area (Å²) < 4.78 is 0. The first kappa shape index (κ1) is 14.7. The molecule has 2 unspecified atom stereocenters. The van der Waals surface area contributed by atoms with Crippen LogP contribution in [0, 0.1) is 6.92 Å². The summed E-state index contributed by atoms with van der Waals surface area (Å²) >= 11 is 0. The standard InChI is InChI=1S/C19H20N6/c1-13-22-18-9-20-7-5-17(18)19(23-13)25-12-15-8-16(25)11-24(15)10-14-4-2-3-6-21-14/h2-7,9,15-16H,8,10-12H2,1H3. The fourth-order valence-corrected chi connectivity index (χ4v) is 4.20. The van der Waals surface area contributed by atoms with E-state index in [0.717, 1.165) is 47.9 Å². The van der Waals surface area contributed by atoms with Gasteiger partial charge in [-0.3, -0.25) is 14.9 Å². The molecule has 5 heterocycles. The van der Waals surface area contributed by atoms with Crippen LogP contribution in [0.5, 0.6) is 0 Å². The quantitative estimate of drug-likeness (QED) is 0.733. The van der Waals surface area contributed by atoms with Gasteiger partial charge in [0.1, 0.15) is 11.6 Å². The molecule has 126 valence electrons. The number of piperazine rings is 1. The maximum Gasteiger partial charge on any atom is 0.140 e. The van der Waals surface area contributed by atoms with Gasteiger partial charge in [-0.1, -0.05) is 6.07 Å². The third kappa shape index (κ3) is 2.53. The first-order valence-corrected chi connectivity index (χ1v) is 8.77. The summed E-state index contributed by atoms with van der Waals surface area (Å²) in [5, 5.41) is 1.10. The number of fused-ring (bicyclic) bond motifs is 3. The molecule has 0 amide bonds. The Morgan fingerprint density at radius 3 is 2.84 bits per heavy atom. The van der Waals surface area contributed by atoms with Gasteiger partial charge < -0.3 is 4.90 Å². The lowest BCUT2D eigenvalue weighted by molar-refractivity contribution is 0.227. The van der Waals surface area contributed by atoms with Crippen LogP contribution in [0.4, 0.5) is 5.82 Å². The molecule has 5 rings (SSSR count). The van der Waals surface area contributed by atoms with Crippen LogP contribution in [0.2, 0.25) is 0 Å². The van der Waals surface area contributed by atoms with Crippen LogP contribution in [-0.2, 0) is 6.54 Å². The zero-order valence-corrected chi connectivity index (χ0v) is 14.2. The van der Waals surface area contributed by atoms with Crippen molar-refractivity contribution < 1.29 is 0 Å². The molecule has 0 saturated carbocycles. The second-order valence-corrected chi connectivity index (χ2v) is 6.93. The molecule has 2 aliphatic rings. The highest BCUT2D eigenvalue weighted by Gasteiger charge is 2.44. The lowest BCUT2D eigenvalue weighted by Gasteiger charge is -2.35. The number of aromatic nitrogens is 4. The van der Waals surface area contributed by atoms with Crippen molar-refractivity contribution in [2.75, 3.05) is 18.0 Å². The molecule has 0 radical (unpaired) electrons. The summed E-state index contributed by atoms with van der Waals surface area (Å²) in [5.41, 5.74) is 2.08. The van der Waals surface area contributed by atoms with E-state index in [9.17, 15) is 0 Å². The Bertz CT molecular complexity index is 912. The zero-order valence-electron chi connectivity index (χ0n) is 14.2. The minimum absolute atomic E-state index is 0.513. The average Bonchev–Trinajstić information content (AvgIpc) is 3.22. The van der Waals surface area contributed by atoms with Crippen LogP contribution < -0.4 is 4.90 Å². The summed E-state index contributed by atoms with van der Waals surface area (Å²) in [6.07, 6.45) is 6.73. The van der Waals surface area contributed by atoms with Gasteiger partial charge in [-0.15, -0.1) is 0 Å². The Labute approximate surface area is 146 Å². The van der Waals surface area contributed by atoms with Crippen molar-refractivity contribution in [3.63, 3.8) is 0 Å². The molecular weight excluding hydrogens is 312 g/mol. The lowest BCUT2D eigenvalue weighted by Crippen LogP contribution is -2.46. The van der Waals surface area contributed by atoms with Gasteiger partial charge in [-0.05, 0) is 31.5 Å². The van der Waals surface area contributed by atoms with Crippen molar-refractivity contribution in [1.29, 1.82) is 0 Å². The van der Waals surface area contributed by atoms with E-state index in [1.807, 2.05) is 37.6 Å². The van der Waals surface area contributed by atoms with E-state index < -0.39 is 0 Å². The van der Waals surface area contributed by atoms with Gasteiger partial charge in [0.15, 0.2) is 0 Å². The van der Waals surface area contributed by atoms with Crippen molar-refractivity contribution >= 4 is 16.7 Å². The smallest absolute Gasteiger partial charge is 0.140 e. The first-order chi connectivity index (χ1) is 12.3. The molecule has 2 atom stereocenters. The minimum Gasteiger partial charge on any atom is -0.350 e. The number of hydrogen-bond donors (Lipinski definition) is 0. The van der Waals surface area contributed by atoms with Crippen molar-refractivity contribution in [1.82, 2.24) is 24.8 Å². The predicted molar refractivity (Wildman–Crippen MR) is 96.3 cm³/mol. The molecule has 2 saturated heterocycles. The summed E-state index contributed by atoms with van der Waals surface area (Å²) in [7, 11) is 0. The van der Waals surface area contributed by atoms with E-state index in [-0.39, 0.29) is 0 Å². The number of rotatable bonds is 3. The molecule has 0 aliphatic carbocycles. The van der Waals surface area contributed by atoms with E-state index >= 15 is 0 Å². The SMILES string of the molecule is Cc1nc(N2CC3CC2CN3Cc2ccccn2)c2ccncc2n1. The molecule has 0 spiro atoms. The molecule has 0 N–H and O–H groups in total. The average molecular weight is 332 g/mol. The maximum atomic E-state index is 4.77. The van der Waals surface area contributed by atoms with Gasteiger partial charge in [-0.25, -0.2) is 9.97 Å². The van der Waals surface area contributed by atoms with Gasteiger partial charge in [0.2, 0.25) is 0 Å². The topological polar surface area (TPSA) is 58.0 Å². The van der Waals surface area contributed by atoms with Crippen molar-refractivity contribution in [2.24, 2.45) is 0 Å². The van der Waals surface area contributed by atoms with Crippen LogP contribution in [-0.4, -0.2) is 50.0 Å². The van der Waals surface area contributed by atoms with E-state index in [1.165, 1.54) is 6.42 Å². The first-order valence-electron chi connectivity index (χ1n) is 8.77. The van der Waals surface area contributed by atoms with Gasteiger partial charge >= 0.3 is 0 Å². The van der Waals surface area contributed by atoms with E-state index in [4.69, 9.17) is 4.98 Å². The minimum atomic E-state index is 0.513. The Morgan fingerprint density at radius 1 is 1.08 bits per heavy atom. The molecule has 6 nitrogen and oxygen atoms in total. The highest BCUT2D eigenvalue weighted by Crippen LogP contribution is 2.36. The fourth-order valence-electron chi connectivity index (χ4n) is 4.20. The van der Waals surface area contributed by atoms with Crippen molar-refractivity contribution in [3.05, 3.63) is 54.4 Å². The molecule has 3 aromatic heterocycles. The fraction of sp³-hybridized carbons (Fsp3) is 0.368. The Hall–Kier alpha value is -2.60. The third-order valence-corrected chi connectivity index (χ3v) is 5.31. The number of nitrogens with zero attached hydrogens (tertiary/aromatic N) is 6. The summed E-state index contributed by atoms with van der Waals surface area (Å²) in [6.45, 7) is 4.98. The Morgan fingerprint density at radius 2 is 2.04 bits per heavy atom. The predicted octanol–water partition coefficient (Wildman–Crippen LogP) is 2.19. The second-order valence-electron chi connectivity index (χ2n) is 6.93. The molecule has 6 heteroatoms. The number of aryl methyl sites for hydroxylation is 1. The van der Waals surface area contributed by atoms with Gasteiger partial charge in [0.25, 0.3) is 0 Å². The van der Waals surface area contributed by atoms with Crippen LogP contribution in [0.1, 0.15) is 17.9 Å². The maximum absolute atomic E-state index is 4.77. The van der Waals surface area contributed by atoms with Crippen molar-refractivity contribution in [3.8, 4) is 0 Å². The summed E-state index contributed by atoms with van der Waals surface area (Å²) in [4.78, 5) is 23.0. The molecular formula is C19H20N6. The molecule has 2 bridgehead atoms. The zero-order chi connectivity index (χ0) is 16.8. The van der Waals surface area contributed by atoms with E-state index in [0.29, 0.717) is 12.1 Å². The highest BCUT2D eigenvalue weighted by atomic mass is 15.4. The number of hydrogen-bond acceptors (Lipinski definition) is 6. The van der Waals surface area contributed by atoms with Crippen LogP contribution in [0.25, 0.3) is 10.9 Å². The normalized spacial score (nSPS) is 22.8. The number of likely N-dealkylation sites (tertiary alicyclic amines) is 1. The monoisotopic (exact) mass is 332 g/mol. The van der Waals surface area contributed by atoms with Gasteiger partial charge in [0.05, 0.1) is 17.4 Å². The Balaban J connectivity index is 1.41. The van der Waals surface area contributed by atoms with Crippen molar-refractivity contribution in [2.45, 2.75) is 32.0 Å². The third-order valence-electron chi connectivity index (χ3n) is 5.31. The summed E-state index contributed by atoms with van der Waals surface area (Å²) in [5.74, 6) is 1.87. The molecule has 0 aromatic carbocycles. The summed E-state index contributed by atoms with van der Waals surface area (Å²) in [6, 6.07) is 9.25. The van der Waals surface area contributed by atoms with Gasteiger partial charge in [0, 0.05) is 49.5 Å². The Kier molecular flexibility index (Phi) is 3.38. The lowest BCUT2D eigenvalue weighted by atomic mass is 10.2. The molecule has 2 aliphatic heterocycles. The van der Waals surface area contributed by atoms with Gasteiger partial charge in [-0.2, -0.15) is 0 Å². The highest BCUT2D eigenvalue weighted by molar-refractivity contribution is 5.89. The van der Waals surface area contributed by atoms with E-state index in [2.05, 4.69) is 36.9 Å². The van der Waals surface area contributed by atoms with Crippen LogP contribution in [0.3, 0.4) is 0 Å². The van der Waals surface area contributed by atoms with E-state index in [1.54, 1.807) is 0 Å². The van der Waals surface area contributed by atoms with Crippen LogP contribution in [0.15, 0.2) is 42.9 Å². The second kappa shape index (κ2) is 5.74. The molecule has 2 fully saturated rings. The number of pyridine rings is 2. The van der Waals surface area contributed by atoms with Crippen LogP contribution >= 0.6 is 0 Å². The largest absolute Gasteiger partial charge is 0.350 e. The molecule has 25 heavy (non-hydrogen) atoms. The number of anilines is 1.